The van der Waals surface area contributed by atoms with Gasteiger partial charge in [-0.05, 0) is 66.6 Å². The van der Waals surface area contributed by atoms with E-state index in [1.165, 1.54) is 73.9 Å². The third-order valence-corrected chi connectivity index (χ3v) is 12.1. The molecular formula is C31H31Cl2F2N3O7S2. The molecule has 1 amide bonds. The van der Waals surface area contributed by atoms with Crippen LogP contribution in [0.2, 0.25) is 10.0 Å². The van der Waals surface area contributed by atoms with Crippen molar-refractivity contribution in [2.75, 3.05) is 33.0 Å². The van der Waals surface area contributed by atoms with Crippen LogP contribution >= 0.6 is 35.0 Å². The molecule has 1 aliphatic heterocycles. The number of thioether (sulfide) groups is 1. The summed E-state index contributed by atoms with van der Waals surface area (Å²) in [6.45, 7) is -3.10. The zero-order valence-electron chi connectivity index (χ0n) is 25.2. The maximum atomic E-state index is 14.4. The fourth-order valence-corrected chi connectivity index (χ4v) is 9.57. The number of sulfonamides is 1. The molecule has 1 saturated carbocycles. The normalized spacial score (nSPS) is 19.0. The minimum absolute atomic E-state index is 0.0422. The van der Waals surface area contributed by atoms with Crippen LogP contribution in [0.3, 0.4) is 0 Å². The highest BCUT2D eigenvalue weighted by Gasteiger charge is 2.59. The van der Waals surface area contributed by atoms with Crippen molar-refractivity contribution in [3.63, 3.8) is 0 Å². The van der Waals surface area contributed by atoms with Crippen molar-refractivity contribution >= 4 is 56.9 Å². The van der Waals surface area contributed by atoms with Gasteiger partial charge in [-0.2, -0.15) is 13.1 Å². The molecule has 1 saturated heterocycles. The Morgan fingerprint density at radius 1 is 1.13 bits per heavy atom. The number of aromatic nitrogens is 1. The molecule has 0 spiro atoms. The fourth-order valence-electron chi connectivity index (χ4n) is 5.45. The molecule has 0 unspecified atom stereocenters. The second kappa shape index (κ2) is 14.1. The minimum Gasteiger partial charge on any atom is -0.489 e. The second-order valence-corrected chi connectivity index (χ2v) is 15.3. The van der Waals surface area contributed by atoms with E-state index in [1.54, 1.807) is 0 Å². The fraction of sp³-hybridized carbons (Fsp3) is 0.387. The monoisotopic (exact) mass is 729 g/mol. The van der Waals surface area contributed by atoms with Crippen molar-refractivity contribution in [2.45, 2.75) is 41.6 Å². The average molecular weight is 731 g/mol. The topological polar surface area (TPSA) is 126 Å². The molecule has 1 aromatic heterocycles. The molecule has 0 radical (unpaired) electrons. The number of carbonyl (C=O) groups excluding carboxylic acids is 1. The Kier molecular flexibility index (Phi) is 10.6. The molecule has 252 valence electrons. The minimum atomic E-state index is -4.56. The maximum Gasteiger partial charge on any atom is 0.387 e. The molecule has 2 aromatic carbocycles. The quantitative estimate of drug-likeness (QED) is 0.225. The van der Waals surface area contributed by atoms with E-state index in [0.29, 0.717) is 5.56 Å². The second-order valence-electron chi connectivity index (χ2n) is 11.3. The lowest BCUT2D eigenvalue weighted by molar-refractivity contribution is -0.143. The number of nitrogens with zero attached hydrogens (tertiary/aromatic N) is 3. The summed E-state index contributed by atoms with van der Waals surface area (Å²) in [6.07, 6.45) is 4.32. The molecule has 1 N–H and O–H groups in total. The van der Waals surface area contributed by atoms with E-state index < -0.39 is 39.3 Å². The van der Waals surface area contributed by atoms with Gasteiger partial charge in [0, 0.05) is 50.3 Å². The number of hydrogen-bond donors (Lipinski definition) is 1. The van der Waals surface area contributed by atoms with Crippen molar-refractivity contribution in [2.24, 2.45) is 5.92 Å². The van der Waals surface area contributed by atoms with E-state index in [1.807, 2.05) is 0 Å². The van der Waals surface area contributed by atoms with E-state index >= 15 is 0 Å². The number of halogens is 4. The number of amides is 1. The SMILES string of the molecule is CN(C)C(=O)c1cccc(S(=O)(=O)N2CCS[C@]2(C(=O)O)[C@@H](Cc2c(Cl)cncc2Cl)c2ccc(OC(F)F)c(OCC3CC3)c2)c1. The summed E-state index contributed by atoms with van der Waals surface area (Å²) in [5.41, 5.74) is 0.670. The Morgan fingerprint density at radius 3 is 2.45 bits per heavy atom. The summed E-state index contributed by atoms with van der Waals surface area (Å²) < 4.78 is 66.9. The Labute approximate surface area is 285 Å². The van der Waals surface area contributed by atoms with Gasteiger partial charge in [0.25, 0.3) is 5.91 Å². The Morgan fingerprint density at radius 2 is 1.83 bits per heavy atom. The number of aliphatic carboxylic acids is 1. The smallest absolute Gasteiger partial charge is 0.387 e. The molecule has 2 atom stereocenters. The third kappa shape index (κ3) is 7.31. The molecule has 3 aromatic rings. The lowest BCUT2D eigenvalue weighted by Crippen LogP contribution is -2.55. The standard InChI is InChI=1S/C31H31Cl2F2N3O7S2/c1-37(2)28(39)20-4-3-5-21(12-20)47(42,43)38-10-11-46-31(38,29(40)41)23(14-22-24(32)15-36-16-25(22)33)19-8-9-26(45-30(34)35)27(13-19)44-17-18-6-7-18/h3-5,8-9,12-13,15-16,18,23,30H,6-7,10-11,14,17H2,1-2H3,(H,40,41)/t23-,31-/m0/s1. The first-order valence-electron chi connectivity index (χ1n) is 14.5. The maximum absolute atomic E-state index is 14.4. The molecule has 1 aliphatic carbocycles. The van der Waals surface area contributed by atoms with E-state index in [4.69, 9.17) is 32.7 Å². The summed E-state index contributed by atoms with van der Waals surface area (Å²) in [7, 11) is -1.51. The van der Waals surface area contributed by atoms with E-state index in [0.717, 1.165) is 28.9 Å². The summed E-state index contributed by atoms with van der Waals surface area (Å²) in [4.78, 5) is 29.0. The van der Waals surface area contributed by atoms with Gasteiger partial charge in [-0.15, -0.1) is 11.8 Å². The van der Waals surface area contributed by atoms with Gasteiger partial charge in [-0.25, -0.2) is 13.2 Å². The summed E-state index contributed by atoms with van der Waals surface area (Å²) >= 11 is 13.9. The highest BCUT2D eigenvalue weighted by molar-refractivity contribution is 8.02. The largest absolute Gasteiger partial charge is 0.489 e. The first-order chi connectivity index (χ1) is 22.2. The first-order valence-corrected chi connectivity index (χ1v) is 17.6. The molecule has 10 nitrogen and oxygen atoms in total. The van der Waals surface area contributed by atoms with Crippen LogP contribution in [0.1, 0.15) is 40.2 Å². The number of alkyl halides is 2. The molecule has 2 fully saturated rings. The van der Waals surface area contributed by atoms with Crippen LogP contribution in [0, 0.1) is 5.92 Å². The molecule has 5 rings (SSSR count). The highest BCUT2D eigenvalue weighted by Crippen LogP contribution is 2.52. The van der Waals surface area contributed by atoms with Gasteiger partial charge in [0.05, 0.1) is 21.5 Å². The molecule has 47 heavy (non-hydrogen) atoms. The summed E-state index contributed by atoms with van der Waals surface area (Å²) in [6, 6.07) is 9.43. The van der Waals surface area contributed by atoms with Crippen LogP contribution in [-0.2, 0) is 21.2 Å². The number of carboxylic acid groups (broad SMARTS) is 1. The molecule has 2 heterocycles. The third-order valence-electron chi connectivity index (χ3n) is 7.96. The van der Waals surface area contributed by atoms with Crippen LogP contribution < -0.4 is 9.47 Å². The van der Waals surface area contributed by atoms with Crippen LogP contribution in [0.5, 0.6) is 11.5 Å². The number of carboxylic acids is 1. The lowest BCUT2D eigenvalue weighted by Gasteiger charge is -2.40. The van der Waals surface area contributed by atoms with Gasteiger partial charge in [0.2, 0.25) is 10.0 Å². The van der Waals surface area contributed by atoms with E-state index in [2.05, 4.69) is 4.98 Å². The van der Waals surface area contributed by atoms with E-state index in [-0.39, 0.29) is 68.8 Å². The first kappa shape index (κ1) is 35.1. The van der Waals surface area contributed by atoms with Gasteiger partial charge in [-0.3, -0.25) is 9.78 Å². The lowest BCUT2D eigenvalue weighted by atomic mass is 9.85. The van der Waals surface area contributed by atoms with Crippen LogP contribution in [-0.4, -0.2) is 84.1 Å². The van der Waals surface area contributed by atoms with Crippen LogP contribution in [0.4, 0.5) is 8.78 Å². The van der Waals surface area contributed by atoms with Crippen LogP contribution in [0.15, 0.2) is 59.8 Å². The van der Waals surface area contributed by atoms with Crippen molar-refractivity contribution in [1.82, 2.24) is 14.2 Å². The zero-order valence-corrected chi connectivity index (χ0v) is 28.4. The van der Waals surface area contributed by atoms with Crippen molar-refractivity contribution in [3.8, 4) is 11.5 Å². The predicted octanol–water partition coefficient (Wildman–Crippen LogP) is 6.03. The number of ether oxygens (including phenoxy) is 2. The highest BCUT2D eigenvalue weighted by atomic mass is 35.5. The summed E-state index contributed by atoms with van der Waals surface area (Å²) in [5, 5.41) is 11.3. The Balaban J connectivity index is 1.68. The van der Waals surface area contributed by atoms with Gasteiger partial charge < -0.3 is 19.5 Å². The average Bonchev–Trinajstić information content (AvgIpc) is 3.74. The van der Waals surface area contributed by atoms with Gasteiger partial charge in [0.15, 0.2) is 16.4 Å². The predicted molar refractivity (Wildman–Crippen MR) is 173 cm³/mol. The molecule has 16 heteroatoms. The number of pyridine rings is 1. The van der Waals surface area contributed by atoms with Crippen molar-refractivity contribution < 1.29 is 41.4 Å². The number of hydrogen-bond acceptors (Lipinski definition) is 8. The Bertz CT molecular complexity index is 1760. The van der Waals surface area contributed by atoms with Gasteiger partial charge >= 0.3 is 12.6 Å². The van der Waals surface area contributed by atoms with Gasteiger partial charge in [-0.1, -0.05) is 35.3 Å². The van der Waals surface area contributed by atoms with Gasteiger partial charge in [0.1, 0.15) is 0 Å². The molecule has 2 aliphatic rings. The Hall–Kier alpha value is -3.17. The van der Waals surface area contributed by atoms with Crippen molar-refractivity contribution in [1.29, 1.82) is 0 Å². The van der Waals surface area contributed by atoms with Crippen molar-refractivity contribution in [3.05, 3.63) is 81.6 Å². The zero-order chi connectivity index (χ0) is 34.1. The summed E-state index contributed by atoms with van der Waals surface area (Å²) in [5.74, 6) is -3.05. The van der Waals surface area contributed by atoms with E-state index in [9.17, 15) is 31.9 Å². The van der Waals surface area contributed by atoms with Crippen LogP contribution in [0.25, 0.3) is 0 Å². The number of rotatable bonds is 13. The number of carbonyl (C=O) groups is 2. The molecule has 0 bridgehead atoms. The number of benzene rings is 2. The molecular weight excluding hydrogens is 699 g/mol.